The van der Waals surface area contributed by atoms with Crippen molar-refractivity contribution in [2.24, 2.45) is 0 Å². The highest BCUT2D eigenvalue weighted by atomic mass is 35.5. The molecule has 2 aliphatic rings. The van der Waals surface area contributed by atoms with E-state index in [9.17, 15) is 9.59 Å². The fourth-order valence-electron chi connectivity index (χ4n) is 3.98. The van der Waals surface area contributed by atoms with E-state index < -0.39 is 0 Å². The molecule has 1 aromatic heterocycles. The molecule has 154 valence electrons. The van der Waals surface area contributed by atoms with Crippen LogP contribution in [-0.4, -0.2) is 65.3 Å². The Hall–Kier alpha value is -1.89. The van der Waals surface area contributed by atoms with Gasteiger partial charge in [0, 0.05) is 60.8 Å². The Morgan fingerprint density at radius 3 is 2.31 bits per heavy atom. The molecule has 7 heteroatoms. The van der Waals surface area contributed by atoms with E-state index in [4.69, 9.17) is 11.6 Å². The Morgan fingerprint density at radius 1 is 0.966 bits per heavy atom. The summed E-state index contributed by atoms with van der Waals surface area (Å²) in [6.07, 6.45) is 0.799. The van der Waals surface area contributed by atoms with E-state index in [2.05, 4.69) is 18.7 Å². The zero-order valence-electron chi connectivity index (χ0n) is 16.9. The van der Waals surface area contributed by atoms with Crippen molar-refractivity contribution in [3.05, 3.63) is 56.2 Å². The van der Waals surface area contributed by atoms with E-state index in [0.29, 0.717) is 29.7 Å². The van der Waals surface area contributed by atoms with E-state index in [1.54, 1.807) is 35.6 Å². The van der Waals surface area contributed by atoms with Crippen LogP contribution in [0.2, 0.25) is 5.02 Å². The average Bonchev–Trinajstić information content (AvgIpc) is 3.16. The van der Waals surface area contributed by atoms with Gasteiger partial charge in [0.15, 0.2) is 0 Å². The Kier molecular flexibility index (Phi) is 5.95. The standard InChI is InChI=1S/C22H26ClN3O2S/c1-15(2)24-9-11-25(12-10-24)22(28)20-13-17-14-26(8-7-19(17)29-20)21(27)16-3-5-18(23)6-4-16/h3-6,13,15H,7-12,14H2,1-2H3. The summed E-state index contributed by atoms with van der Waals surface area (Å²) in [4.78, 5) is 34.0. The van der Waals surface area contributed by atoms with Crippen molar-refractivity contribution in [1.82, 2.24) is 14.7 Å². The second-order valence-electron chi connectivity index (χ2n) is 7.96. The monoisotopic (exact) mass is 431 g/mol. The van der Waals surface area contributed by atoms with Gasteiger partial charge in [-0.3, -0.25) is 14.5 Å². The topological polar surface area (TPSA) is 43.9 Å². The maximum atomic E-state index is 13.0. The molecule has 1 fully saturated rings. The molecule has 0 unspecified atom stereocenters. The second kappa shape index (κ2) is 8.46. The highest BCUT2D eigenvalue weighted by molar-refractivity contribution is 7.14. The Balaban J connectivity index is 1.42. The second-order valence-corrected chi connectivity index (χ2v) is 9.54. The van der Waals surface area contributed by atoms with Gasteiger partial charge in [0.05, 0.1) is 4.88 Å². The van der Waals surface area contributed by atoms with Crippen LogP contribution in [0, 0.1) is 0 Å². The lowest BCUT2D eigenvalue weighted by atomic mass is 10.1. The van der Waals surface area contributed by atoms with Crippen molar-refractivity contribution in [2.75, 3.05) is 32.7 Å². The largest absolute Gasteiger partial charge is 0.335 e. The summed E-state index contributed by atoms with van der Waals surface area (Å²) < 4.78 is 0. The number of amides is 2. The Morgan fingerprint density at radius 2 is 1.66 bits per heavy atom. The number of halogens is 1. The van der Waals surface area contributed by atoms with Crippen LogP contribution in [0.15, 0.2) is 30.3 Å². The molecular weight excluding hydrogens is 406 g/mol. The molecule has 4 rings (SSSR count). The van der Waals surface area contributed by atoms with Crippen molar-refractivity contribution in [2.45, 2.75) is 32.9 Å². The number of thiophene rings is 1. The van der Waals surface area contributed by atoms with Crippen LogP contribution in [0.1, 0.15) is 44.3 Å². The number of carbonyl (C=O) groups is 2. The number of hydrogen-bond acceptors (Lipinski definition) is 4. The van der Waals surface area contributed by atoms with Crippen molar-refractivity contribution in [3.8, 4) is 0 Å². The third-order valence-electron chi connectivity index (χ3n) is 5.79. The van der Waals surface area contributed by atoms with Crippen LogP contribution in [0.25, 0.3) is 0 Å². The molecule has 0 spiro atoms. The maximum Gasteiger partial charge on any atom is 0.264 e. The van der Waals surface area contributed by atoms with Gasteiger partial charge < -0.3 is 9.80 Å². The summed E-state index contributed by atoms with van der Waals surface area (Å²) in [5.41, 5.74) is 1.75. The van der Waals surface area contributed by atoms with Crippen molar-refractivity contribution in [3.63, 3.8) is 0 Å². The number of rotatable bonds is 3. The highest BCUT2D eigenvalue weighted by Gasteiger charge is 2.28. The molecule has 1 aromatic carbocycles. The van der Waals surface area contributed by atoms with E-state index >= 15 is 0 Å². The van der Waals surface area contributed by atoms with E-state index in [1.807, 2.05) is 15.9 Å². The molecule has 0 bridgehead atoms. The van der Waals surface area contributed by atoms with Crippen molar-refractivity contribution in [1.29, 1.82) is 0 Å². The number of nitrogens with zero attached hydrogens (tertiary/aromatic N) is 3. The fourth-order valence-corrected chi connectivity index (χ4v) is 5.24. The molecule has 29 heavy (non-hydrogen) atoms. The third kappa shape index (κ3) is 4.34. The molecule has 2 amide bonds. The minimum Gasteiger partial charge on any atom is -0.335 e. The van der Waals surface area contributed by atoms with Crippen LogP contribution in [0.5, 0.6) is 0 Å². The number of piperazine rings is 1. The summed E-state index contributed by atoms with van der Waals surface area (Å²) in [5.74, 6) is 0.139. The number of benzene rings is 1. The summed E-state index contributed by atoms with van der Waals surface area (Å²) in [5, 5.41) is 0.623. The average molecular weight is 432 g/mol. The Labute approximate surface area is 180 Å². The normalized spacial score (nSPS) is 17.5. The lowest BCUT2D eigenvalue weighted by molar-refractivity contribution is 0.0600. The third-order valence-corrected chi connectivity index (χ3v) is 7.26. The minimum atomic E-state index is 0.0104. The molecule has 2 aromatic rings. The van der Waals surface area contributed by atoms with Gasteiger partial charge in [0.2, 0.25) is 0 Å². The van der Waals surface area contributed by atoms with Crippen molar-refractivity contribution >= 4 is 34.8 Å². The SMILES string of the molecule is CC(C)N1CCN(C(=O)c2cc3c(s2)CCN(C(=O)c2ccc(Cl)cc2)C3)CC1. The predicted molar refractivity (Wildman–Crippen MR) is 117 cm³/mol. The van der Waals surface area contributed by atoms with Crippen LogP contribution < -0.4 is 0 Å². The van der Waals surface area contributed by atoms with E-state index in [0.717, 1.165) is 43.0 Å². The van der Waals surface area contributed by atoms with Gasteiger partial charge in [0.25, 0.3) is 11.8 Å². The van der Waals surface area contributed by atoms with Gasteiger partial charge in [-0.1, -0.05) is 11.6 Å². The first kappa shape index (κ1) is 20.4. The number of fused-ring (bicyclic) bond motifs is 1. The van der Waals surface area contributed by atoms with Crippen LogP contribution >= 0.6 is 22.9 Å². The molecule has 0 N–H and O–H groups in total. The quantitative estimate of drug-likeness (QED) is 0.743. The first-order valence-electron chi connectivity index (χ1n) is 10.1. The van der Waals surface area contributed by atoms with E-state index in [1.165, 1.54) is 4.88 Å². The summed E-state index contributed by atoms with van der Waals surface area (Å²) in [6.45, 7) is 9.04. The van der Waals surface area contributed by atoms with Crippen LogP contribution in [0.4, 0.5) is 0 Å². The number of carbonyl (C=O) groups excluding carboxylic acids is 2. The number of hydrogen-bond donors (Lipinski definition) is 0. The summed E-state index contributed by atoms with van der Waals surface area (Å²) in [6, 6.07) is 9.53. The Bertz CT molecular complexity index is 901. The highest BCUT2D eigenvalue weighted by Crippen LogP contribution is 2.30. The molecule has 3 heterocycles. The molecule has 0 atom stereocenters. The van der Waals surface area contributed by atoms with Gasteiger partial charge in [-0.15, -0.1) is 11.3 Å². The molecule has 0 saturated carbocycles. The maximum absolute atomic E-state index is 13.0. The van der Waals surface area contributed by atoms with Gasteiger partial charge in [0.1, 0.15) is 0 Å². The molecule has 0 aliphatic carbocycles. The van der Waals surface area contributed by atoms with Crippen LogP contribution in [-0.2, 0) is 13.0 Å². The van der Waals surface area contributed by atoms with Gasteiger partial charge >= 0.3 is 0 Å². The summed E-state index contributed by atoms with van der Waals surface area (Å²) >= 11 is 7.52. The zero-order valence-corrected chi connectivity index (χ0v) is 18.4. The molecule has 2 aliphatic heterocycles. The fraction of sp³-hybridized carbons (Fsp3) is 0.455. The first-order valence-corrected chi connectivity index (χ1v) is 11.3. The van der Waals surface area contributed by atoms with Gasteiger partial charge in [-0.2, -0.15) is 0 Å². The zero-order chi connectivity index (χ0) is 20.5. The first-order chi connectivity index (χ1) is 13.9. The predicted octanol–water partition coefficient (Wildman–Crippen LogP) is 3.77. The molecule has 0 radical (unpaired) electrons. The van der Waals surface area contributed by atoms with Gasteiger partial charge in [-0.25, -0.2) is 0 Å². The van der Waals surface area contributed by atoms with Crippen molar-refractivity contribution < 1.29 is 9.59 Å². The summed E-state index contributed by atoms with van der Waals surface area (Å²) in [7, 11) is 0. The smallest absolute Gasteiger partial charge is 0.264 e. The molecule has 1 saturated heterocycles. The molecular formula is C22H26ClN3O2S. The van der Waals surface area contributed by atoms with E-state index in [-0.39, 0.29) is 11.8 Å². The van der Waals surface area contributed by atoms with Crippen LogP contribution in [0.3, 0.4) is 0 Å². The van der Waals surface area contributed by atoms with Gasteiger partial charge in [-0.05, 0) is 56.2 Å². The lowest BCUT2D eigenvalue weighted by Crippen LogP contribution is -2.50. The molecule has 5 nitrogen and oxygen atoms in total. The lowest BCUT2D eigenvalue weighted by Gasteiger charge is -2.36. The minimum absolute atomic E-state index is 0.0104.